The lowest BCUT2D eigenvalue weighted by Gasteiger charge is -2.12. The Bertz CT molecular complexity index is 535. The molecule has 0 heterocycles. The summed E-state index contributed by atoms with van der Waals surface area (Å²) in [6.45, 7) is 3.91. The molecule has 2 N–H and O–H groups in total. The molecule has 0 radical (unpaired) electrons. The highest BCUT2D eigenvalue weighted by Gasteiger charge is 2.01. The maximum Gasteiger partial charge on any atom is 0.112 e. The van der Waals surface area contributed by atoms with Gasteiger partial charge in [-0.05, 0) is 12.1 Å². The summed E-state index contributed by atoms with van der Waals surface area (Å²) >= 11 is 5.30. The number of hydrogen-bond donors (Lipinski definition) is 2. The molecule has 3 heteroatoms. The Labute approximate surface area is 112 Å². The van der Waals surface area contributed by atoms with Gasteiger partial charge in [0.1, 0.15) is 10.8 Å². The van der Waals surface area contributed by atoms with Crippen LogP contribution in [0.3, 0.4) is 0 Å². The zero-order valence-electron chi connectivity index (χ0n) is 9.89. The number of anilines is 1. The first-order valence-electron chi connectivity index (χ1n) is 5.63. The van der Waals surface area contributed by atoms with Crippen LogP contribution in [0.25, 0.3) is 0 Å². The Balaban J connectivity index is 1.94. The highest BCUT2D eigenvalue weighted by atomic mass is 32.1. The second-order valence-electron chi connectivity index (χ2n) is 3.79. The van der Waals surface area contributed by atoms with Gasteiger partial charge in [-0.25, -0.2) is 0 Å². The van der Waals surface area contributed by atoms with Crippen molar-refractivity contribution in [2.24, 2.45) is 0 Å². The van der Waals surface area contributed by atoms with Crippen LogP contribution in [0.5, 0.6) is 0 Å². The average molecular weight is 254 g/mol. The second-order valence-corrected chi connectivity index (χ2v) is 4.20. The van der Waals surface area contributed by atoms with E-state index in [0.29, 0.717) is 10.8 Å². The number of rotatable bonds is 4. The van der Waals surface area contributed by atoms with Crippen LogP contribution in [0.4, 0.5) is 5.69 Å². The van der Waals surface area contributed by atoms with Crippen LogP contribution < -0.4 is 10.6 Å². The van der Waals surface area contributed by atoms with Gasteiger partial charge >= 0.3 is 0 Å². The topological polar surface area (TPSA) is 24.1 Å². The van der Waals surface area contributed by atoms with Gasteiger partial charge in [0, 0.05) is 11.3 Å². The first-order chi connectivity index (χ1) is 8.75. The van der Waals surface area contributed by atoms with Gasteiger partial charge < -0.3 is 10.6 Å². The Morgan fingerprint density at radius 3 is 2.06 bits per heavy atom. The van der Waals surface area contributed by atoms with Gasteiger partial charge in [-0.1, -0.05) is 67.3 Å². The summed E-state index contributed by atoms with van der Waals surface area (Å²) in [5.41, 5.74) is 1.95. The number of benzene rings is 2. The predicted molar refractivity (Wildman–Crippen MR) is 80.5 cm³/mol. The molecule has 90 valence electrons. The molecule has 0 saturated carbocycles. The van der Waals surface area contributed by atoms with E-state index in [2.05, 4.69) is 17.2 Å². The SMILES string of the molecule is C=C(NC(=S)c1ccccc1)Nc1ccccc1. The van der Waals surface area contributed by atoms with E-state index in [1.54, 1.807) is 0 Å². The monoisotopic (exact) mass is 254 g/mol. The molecule has 2 rings (SSSR count). The van der Waals surface area contributed by atoms with Crippen molar-refractivity contribution in [3.05, 3.63) is 78.6 Å². The Morgan fingerprint density at radius 1 is 0.889 bits per heavy atom. The first kappa shape index (κ1) is 12.3. The molecule has 2 nitrogen and oxygen atoms in total. The van der Waals surface area contributed by atoms with E-state index in [1.807, 2.05) is 60.7 Å². The van der Waals surface area contributed by atoms with Gasteiger partial charge in [0.15, 0.2) is 0 Å². The van der Waals surface area contributed by atoms with Crippen LogP contribution in [0.2, 0.25) is 0 Å². The fourth-order valence-electron chi connectivity index (χ4n) is 1.53. The summed E-state index contributed by atoms with van der Waals surface area (Å²) < 4.78 is 0. The lowest BCUT2D eigenvalue weighted by Crippen LogP contribution is -2.25. The van der Waals surface area contributed by atoms with E-state index in [1.165, 1.54) is 0 Å². The predicted octanol–water partition coefficient (Wildman–Crippen LogP) is 3.54. The molecule has 0 aliphatic heterocycles. The summed E-state index contributed by atoms with van der Waals surface area (Å²) in [4.78, 5) is 0.657. The van der Waals surface area contributed by atoms with Crippen molar-refractivity contribution < 1.29 is 0 Å². The van der Waals surface area contributed by atoms with Crippen molar-refractivity contribution in [3.8, 4) is 0 Å². The van der Waals surface area contributed by atoms with Crippen molar-refractivity contribution in [1.29, 1.82) is 0 Å². The summed E-state index contributed by atoms with van der Waals surface area (Å²) in [6.07, 6.45) is 0. The molecule has 0 amide bonds. The van der Waals surface area contributed by atoms with Gasteiger partial charge in [0.2, 0.25) is 0 Å². The molecule has 0 aliphatic carbocycles. The standard InChI is InChI=1S/C15H14N2S/c1-12(16-14-10-6-3-7-11-14)17-15(18)13-8-4-2-5-9-13/h2-11,16H,1H2,(H,17,18). The molecule has 2 aromatic carbocycles. The first-order valence-corrected chi connectivity index (χ1v) is 6.04. The maximum absolute atomic E-state index is 5.30. The molecular formula is C15H14N2S. The van der Waals surface area contributed by atoms with Crippen molar-refractivity contribution in [3.63, 3.8) is 0 Å². The minimum atomic E-state index is 0.657. The molecular weight excluding hydrogens is 240 g/mol. The lowest BCUT2D eigenvalue weighted by atomic mass is 10.2. The number of hydrogen-bond acceptors (Lipinski definition) is 2. The summed E-state index contributed by atoms with van der Waals surface area (Å²) in [6, 6.07) is 19.6. The van der Waals surface area contributed by atoms with Crippen LogP contribution in [0.1, 0.15) is 5.56 Å². The molecule has 0 aliphatic rings. The van der Waals surface area contributed by atoms with Crippen LogP contribution >= 0.6 is 12.2 Å². The molecule has 0 unspecified atom stereocenters. The fraction of sp³-hybridized carbons (Fsp3) is 0. The highest BCUT2D eigenvalue weighted by Crippen LogP contribution is 2.07. The molecule has 0 saturated heterocycles. The third-order valence-electron chi connectivity index (χ3n) is 2.37. The average Bonchev–Trinajstić information content (AvgIpc) is 2.40. The zero-order valence-corrected chi connectivity index (χ0v) is 10.7. The van der Waals surface area contributed by atoms with E-state index in [9.17, 15) is 0 Å². The maximum atomic E-state index is 5.30. The largest absolute Gasteiger partial charge is 0.342 e. The van der Waals surface area contributed by atoms with Crippen molar-refractivity contribution in [2.75, 3.05) is 5.32 Å². The summed E-state index contributed by atoms with van der Waals surface area (Å²) in [5.74, 6) is 0.662. The Morgan fingerprint density at radius 2 is 1.44 bits per heavy atom. The van der Waals surface area contributed by atoms with Gasteiger partial charge in [-0.3, -0.25) is 0 Å². The van der Waals surface area contributed by atoms with E-state index in [0.717, 1.165) is 11.3 Å². The molecule has 0 spiro atoms. The van der Waals surface area contributed by atoms with E-state index < -0.39 is 0 Å². The third-order valence-corrected chi connectivity index (χ3v) is 2.71. The molecule has 0 fully saturated rings. The Hall–Kier alpha value is -2.13. The highest BCUT2D eigenvalue weighted by molar-refractivity contribution is 7.80. The van der Waals surface area contributed by atoms with Crippen LogP contribution in [0.15, 0.2) is 73.1 Å². The van der Waals surface area contributed by atoms with Crippen molar-refractivity contribution >= 4 is 22.9 Å². The van der Waals surface area contributed by atoms with Crippen molar-refractivity contribution in [2.45, 2.75) is 0 Å². The fourth-order valence-corrected chi connectivity index (χ4v) is 1.78. The third kappa shape index (κ3) is 3.43. The Kier molecular flexibility index (Phi) is 4.10. The molecule has 0 bridgehead atoms. The second kappa shape index (κ2) is 5.98. The van der Waals surface area contributed by atoms with Crippen LogP contribution in [-0.2, 0) is 0 Å². The summed E-state index contributed by atoms with van der Waals surface area (Å²) in [7, 11) is 0. The minimum absolute atomic E-state index is 0.657. The number of thiocarbonyl (C=S) groups is 1. The number of nitrogens with one attached hydrogen (secondary N) is 2. The zero-order chi connectivity index (χ0) is 12.8. The molecule has 0 aromatic heterocycles. The van der Waals surface area contributed by atoms with Crippen LogP contribution in [-0.4, -0.2) is 4.99 Å². The quantitative estimate of drug-likeness (QED) is 0.816. The van der Waals surface area contributed by atoms with Crippen molar-refractivity contribution in [1.82, 2.24) is 5.32 Å². The number of para-hydroxylation sites is 1. The lowest BCUT2D eigenvalue weighted by molar-refractivity contribution is 1.15. The molecule has 0 atom stereocenters. The van der Waals surface area contributed by atoms with Gasteiger partial charge in [0.25, 0.3) is 0 Å². The van der Waals surface area contributed by atoms with Gasteiger partial charge in [0.05, 0.1) is 0 Å². The molecule has 18 heavy (non-hydrogen) atoms. The molecule has 2 aromatic rings. The van der Waals surface area contributed by atoms with E-state index in [-0.39, 0.29) is 0 Å². The van der Waals surface area contributed by atoms with Crippen LogP contribution in [0, 0.1) is 0 Å². The van der Waals surface area contributed by atoms with Gasteiger partial charge in [-0.2, -0.15) is 0 Å². The van der Waals surface area contributed by atoms with E-state index >= 15 is 0 Å². The smallest absolute Gasteiger partial charge is 0.112 e. The normalized spacial score (nSPS) is 9.56. The van der Waals surface area contributed by atoms with Gasteiger partial charge in [-0.15, -0.1) is 0 Å². The van der Waals surface area contributed by atoms with E-state index in [4.69, 9.17) is 12.2 Å². The minimum Gasteiger partial charge on any atom is -0.342 e. The summed E-state index contributed by atoms with van der Waals surface area (Å²) in [5, 5.41) is 6.22.